The summed E-state index contributed by atoms with van der Waals surface area (Å²) >= 11 is 1.40. The van der Waals surface area contributed by atoms with Crippen LogP contribution in [0.25, 0.3) is 0 Å². The van der Waals surface area contributed by atoms with Crippen LogP contribution in [0.3, 0.4) is 0 Å². The van der Waals surface area contributed by atoms with Crippen LogP contribution in [-0.2, 0) is 16.1 Å². The summed E-state index contributed by atoms with van der Waals surface area (Å²) in [6.07, 6.45) is 0.795. The molecule has 1 N–H and O–H groups in total. The molecule has 2 atom stereocenters. The molecule has 0 spiro atoms. The number of carbonyl (C=O) groups excluding carboxylic acids is 2. The number of hydrogen-bond acceptors (Lipinski definition) is 3. The van der Waals surface area contributed by atoms with Gasteiger partial charge in [-0.2, -0.15) is 0 Å². The Morgan fingerprint density at radius 2 is 1.71 bits per heavy atom. The summed E-state index contributed by atoms with van der Waals surface area (Å²) in [5.74, 6) is -0.641. The van der Waals surface area contributed by atoms with E-state index >= 15 is 0 Å². The second-order valence-electron chi connectivity index (χ2n) is 6.71. The van der Waals surface area contributed by atoms with Crippen LogP contribution in [0.5, 0.6) is 0 Å². The van der Waals surface area contributed by atoms with E-state index in [-0.39, 0.29) is 36.0 Å². The lowest BCUT2D eigenvalue weighted by atomic mass is 10.1. The molecule has 0 aliphatic carbocycles. The fourth-order valence-corrected chi connectivity index (χ4v) is 3.41. The molecule has 0 radical (unpaired) electrons. The Hall–Kier alpha value is -2.34. The second kappa shape index (κ2) is 10.9. The van der Waals surface area contributed by atoms with Gasteiger partial charge >= 0.3 is 0 Å². The number of hydrogen-bond donors (Lipinski definition) is 1. The van der Waals surface area contributed by atoms with Gasteiger partial charge in [0.1, 0.15) is 11.9 Å². The minimum Gasteiger partial charge on any atom is -0.352 e. The average Bonchev–Trinajstić information content (AvgIpc) is 2.71. The van der Waals surface area contributed by atoms with E-state index in [2.05, 4.69) is 5.32 Å². The molecule has 0 fully saturated rings. The molecular formula is C22H27FN2O2S. The van der Waals surface area contributed by atoms with Gasteiger partial charge in [0.05, 0.1) is 5.75 Å². The maximum Gasteiger partial charge on any atom is 0.242 e. The quantitative estimate of drug-likeness (QED) is 0.638. The number of halogens is 1. The highest BCUT2D eigenvalue weighted by atomic mass is 32.2. The Kier molecular flexibility index (Phi) is 8.51. The van der Waals surface area contributed by atoms with E-state index in [0.29, 0.717) is 5.56 Å². The standard InChI is InChI=1S/C22H27FN2O2S/c1-4-16(2)24-22(27)17(3)25(14-18-10-8-9-13-20(18)23)21(26)15-28-19-11-6-5-7-12-19/h5-13,16-17H,4,14-15H2,1-3H3,(H,24,27). The molecule has 28 heavy (non-hydrogen) atoms. The van der Waals surface area contributed by atoms with Crippen LogP contribution < -0.4 is 5.32 Å². The highest BCUT2D eigenvalue weighted by molar-refractivity contribution is 8.00. The smallest absolute Gasteiger partial charge is 0.242 e. The zero-order valence-electron chi connectivity index (χ0n) is 16.5. The number of rotatable bonds is 9. The number of benzene rings is 2. The van der Waals surface area contributed by atoms with Gasteiger partial charge in [0.15, 0.2) is 0 Å². The van der Waals surface area contributed by atoms with Crippen molar-refractivity contribution in [2.75, 3.05) is 5.75 Å². The van der Waals surface area contributed by atoms with Crippen LogP contribution in [0, 0.1) is 5.82 Å². The SMILES string of the molecule is CCC(C)NC(=O)C(C)N(Cc1ccccc1F)C(=O)CSc1ccccc1. The van der Waals surface area contributed by atoms with E-state index < -0.39 is 6.04 Å². The van der Waals surface area contributed by atoms with Gasteiger partial charge in [0.2, 0.25) is 11.8 Å². The average molecular weight is 403 g/mol. The lowest BCUT2D eigenvalue weighted by Crippen LogP contribution is -2.50. The van der Waals surface area contributed by atoms with Gasteiger partial charge in [-0.3, -0.25) is 9.59 Å². The molecule has 0 aliphatic heterocycles. The molecule has 0 aliphatic rings. The first kappa shape index (κ1) is 22.0. The molecule has 0 saturated carbocycles. The van der Waals surface area contributed by atoms with Crippen molar-refractivity contribution < 1.29 is 14.0 Å². The highest BCUT2D eigenvalue weighted by Crippen LogP contribution is 2.20. The Bertz CT molecular complexity index is 785. The van der Waals surface area contributed by atoms with Gasteiger partial charge in [-0.1, -0.05) is 43.3 Å². The largest absolute Gasteiger partial charge is 0.352 e. The van der Waals surface area contributed by atoms with E-state index in [4.69, 9.17) is 0 Å². The molecule has 6 heteroatoms. The minimum absolute atomic E-state index is 0.0130. The third-order valence-electron chi connectivity index (χ3n) is 4.57. The Morgan fingerprint density at radius 1 is 1.07 bits per heavy atom. The summed E-state index contributed by atoms with van der Waals surface area (Å²) in [6, 6.07) is 15.2. The first-order chi connectivity index (χ1) is 13.4. The number of nitrogens with zero attached hydrogens (tertiary/aromatic N) is 1. The summed E-state index contributed by atoms with van der Waals surface area (Å²) in [7, 11) is 0. The highest BCUT2D eigenvalue weighted by Gasteiger charge is 2.27. The fraction of sp³-hybridized carbons (Fsp3) is 0.364. The predicted molar refractivity (Wildman–Crippen MR) is 111 cm³/mol. The summed E-state index contributed by atoms with van der Waals surface area (Å²) in [6.45, 7) is 5.63. The first-order valence-electron chi connectivity index (χ1n) is 9.43. The van der Waals surface area contributed by atoms with Gasteiger partial charge in [0, 0.05) is 23.0 Å². The fourth-order valence-electron chi connectivity index (χ4n) is 2.60. The normalized spacial score (nSPS) is 12.9. The summed E-state index contributed by atoms with van der Waals surface area (Å²) in [4.78, 5) is 28.0. The van der Waals surface area contributed by atoms with Crippen molar-refractivity contribution in [3.8, 4) is 0 Å². The summed E-state index contributed by atoms with van der Waals surface area (Å²) in [5.41, 5.74) is 0.392. The van der Waals surface area contributed by atoms with Crippen molar-refractivity contribution in [3.05, 3.63) is 66.0 Å². The molecule has 2 aromatic rings. The van der Waals surface area contributed by atoms with Gasteiger partial charge in [0.25, 0.3) is 0 Å². The monoisotopic (exact) mass is 402 g/mol. The molecule has 0 aromatic heterocycles. The van der Waals surface area contributed by atoms with Crippen molar-refractivity contribution in [1.29, 1.82) is 0 Å². The van der Waals surface area contributed by atoms with E-state index in [1.165, 1.54) is 22.7 Å². The van der Waals surface area contributed by atoms with Gasteiger partial charge < -0.3 is 10.2 Å². The first-order valence-corrected chi connectivity index (χ1v) is 10.4. The van der Waals surface area contributed by atoms with Crippen molar-refractivity contribution in [3.63, 3.8) is 0 Å². The Morgan fingerprint density at radius 3 is 2.36 bits per heavy atom. The van der Waals surface area contributed by atoms with Crippen LogP contribution in [0.2, 0.25) is 0 Å². The van der Waals surface area contributed by atoms with Crippen molar-refractivity contribution in [2.24, 2.45) is 0 Å². The molecule has 150 valence electrons. The van der Waals surface area contributed by atoms with Crippen LogP contribution >= 0.6 is 11.8 Å². The Labute approximate surface area is 170 Å². The van der Waals surface area contributed by atoms with Crippen molar-refractivity contribution in [1.82, 2.24) is 10.2 Å². The molecule has 4 nitrogen and oxygen atoms in total. The third-order valence-corrected chi connectivity index (χ3v) is 5.57. The van der Waals surface area contributed by atoms with E-state index in [0.717, 1.165) is 11.3 Å². The van der Waals surface area contributed by atoms with Crippen LogP contribution in [0.15, 0.2) is 59.5 Å². The Balaban J connectivity index is 2.15. The number of nitrogens with one attached hydrogen (secondary N) is 1. The number of amides is 2. The lowest BCUT2D eigenvalue weighted by Gasteiger charge is -2.29. The second-order valence-corrected chi connectivity index (χ2v) is 7.76. The third kappa shape index (κ3) is 6.37. The molecule has 2 unspecified atom stereocenters. The topological polar surface area (TPSA) is 49.4 Å². The maximum atomic E-state index is 14.1. The zero-order valence-corrected chi connectivity index (χ0v) is 17.3. The summed E-state index contributed by atoms with van der Waals surface area (Å²) < 4.78 is 14.1. The van der Waals surface area contributed by atoms with Crippen molar-refractivity contribution in [2.45, 2.75) is 50.7 Å². The van der Waals surface area contributed by atoms with Crippen molar-refractivity contribution >= 4 is 23.6 Å². The molecule has 0 heterocycles. The molecule has 0 bridgehead atoms. The van der Waals surface area contributed by atoms with Crippen LogP contribution in [-0.4, -0.2) is 34.6 Å². The molecule has 2 rings (SSSR count). The van der Waals surface area contributed by atoms with Crippen LogP contribution in [0.1, 0.15) is 32.8 Å². The van der Waals surface area contributed by atoms with Gasteiger partial charge in [-0.25, -0.2) is 4.39 Å². The molecule has 0 saturated heterocycles. The van der Waals surface area contributed by atoms with Gasteiger partial charge in [-0.05, 0) is 38.5 Å². The van der Waals surface area contributed by atoms with E-state index in [1.54, 1.807) is 25.1 Å². The molecule has 2 aromatic carbocycles. The van der Waals surface area contributed by atoms with Crippen LogP contribution in [0.4, 0.5) is 4.39 Å². The maximum absolute atomic E-state index is 14.1. The predicted octanol–water partition coefficient (Wildman–Crippen LogP) is 4.25. The van der Waals surface area contributed by atoms with Gasteiger partial charge in [-0.15, -0.1) is 11.8 Å². The lowest BCUT2D eigenvalue weighted by molar-refractivity contribution is -0.139. The summed E-state index contributed by atoms with van der Waals surface area (Å²) in [5, 5.41) is 2.91. The number of carbonyl (C=O) groups is 2. The van der Waals surface area contributed by atoms with E-state index in [1.807, 2.05) is 44.2 Å². The minimum atomic E-state index is -0.697. The zero-order chi connectivity index (χ0) is 20.5. The number of thioether (sulfide) groups is 1. The molecular weight excluding hydrogens is 375 g/mol. The van der Waals surface area contributed by atoms with E-state index in [9.17, 15) is 14.0 Å². The molecule has 2 amide bonds.